The zero-order valence-electron chi connectivity index (χ0n) is 14.3. The minimum atomic E-state index is -1.11. The Morgan fingerprint density at radius 3 is 2.72 bits per heavy atom. The number of hydrogen-bond donors (Lipinski definition) is 5. The van der Waals surface area contributed by atoms with Gasteiger partial charge in [-0.3, -0.25) is 4.79 Å². The van der Waals surface area contributed by atoms with Crippen LogP contribution in [0.1, 0.15) is 20.3 Å². The van der Waals surface area contributed by atoms with Gasteiger partial charge in [-0.25, -0.2) is 4.79 Å². The molecule has 0 saturated carbocycles. The highest BCUT2D eigenvalue weighted by Crippen LogP contribution is 2.51. The molecule has 8 nitrogen and oxygen atoms in total. The van der Waals surface area contributed by atoms with Crippen molar-refractivity contribution in [2.24, 2.45) is 17.6 Å². The summed E-state index contributed by atoms with van der Waals surface area (Å²) < 4.78 is 0. The number of rotatable bonds is 6. The number of thioether (sulfide) groups is 1. The van der Waals surface area contributed by atoms with Gasteiger partial charge in [0.25, 0.3) is 0 Å². The van der Waals surface area contributed by atoms with Crippen LogP contribution in [0.15, 0.2) is 10.6 Å². The molecule has 3 rings (SSSR count). The number of aliphatic hydroxyl groups excluding tert-OH is 2. The molecule has 0 bridgehead atoms. The molecule has 0 aromatic heterocycles. The van der Waals surface area contributed by atoms with Crippen molar-refractivity contribution in [2.75, 3.05) is 13.1 Å². The van der Waals surface area contributed by atoms with Crippen molar-refractivity contribution in [2.45, 2.75) is 49.8 Å². The molecule has 2 saturated heterocycles. The van der Waals surface area contributed by atoms with Gasteiger partial charge >= 0.3 is 5.97 Å². The number of nitrogens with two attached hydrogens (primary N) is 1. The minimum absolute atomic E-state index is 0.0484. The molecule has 3 heterocycles. The zero-order chi connectivity index (χ0) is 18.5. The van der Waals surface area contributed by atoms with Crippen molar-refractivity contribution in [1.82, 2.24) is 10.2 Å². The number of carboxylic acid groups (broad SMARTS) is 1. The Kier molecular flexibility index (Phi) is 5.13. The SMILES string of the molecule is C[C@@H](O)[C@H]1C(=O)N2C(C(=O)O)=C(S[C@@H]3CN[C@H]([C@H](O)CN)C3)[C@H](C)[C@H]12. The number of aliphatic hydroxyl groups is 2. The molecule has 7 atom stereocenters. The highest BCUT2D eigenvalue weighted by molar-refractivity contribution is 8.03. The van der Waals surface area contributed by atoms with Gasteiger partial charge in [-0.2, -0.15) is 0 Å². The van der Waals surface area contributed by atoms with Gasteiger partial charge in [0, 0.05) is 35.2 Å². The molecule has 140 valence electrons. The van der Waals surface area contributed by atoms with Crippen molar-refractivity contribution in [3.63, 3.8) is 0 Å². The Hall–Kier alpha value is -1.13. The number of nitrogens with zero attached hydrogens (tertiary/aromatic N) is 1. The number of β-lactam (4-membered cyclic amide) rings is 1. The van der Waals surface area contributed by atoms with Crippen LogP contribution in [0.5, 0.6) is 0 Å². The molecule has 6 N–H and O–H groups in total. The van der Waals surface area contributed by atoms with E-state index in [-0.39, 0.29) is 41.4 Å². The molecule has 0 spiro atoms. The number of carbonyl (C=O) groups excluding carboxylic acids is 1. The summed E-state index contributed by atoms with van der Waals surface area (Å²) in [6, 6.07) is -0.391. The summed E-state index contributed by atoms with van der Waals surface area (Å²) in [4.78, 5) is 26.1. The van der Waals surface area contributed by atoms with E-state index in [0.29, 0.717) is 17.9 Å². The Morgan fingerprint density at radius 2 is 2.16 bits per heavy atom. The van der Waals surface area contributed by atoms with Gasteiger partial charge in [0.2, 0.25) is 5.91 Å². The third kappa shape index (κ3) is 2.97. The fourth-order valence-electron chi connectivity index (χ4n) is 4.14. The Morgan fingerprint density at radius 1 is 1.48 bits per heavy atom. The molecule has 0 aliphatic carbocycles. The molecule has 0 aromatic carbocycles. The quantitative estimate of drug-likeness (QED) is 0.372. The van der Waals surface area contributed by atoms with Gasteiger partial charge in [0.05, 0.1) is 24.2 Å². The predicted octanol–water partition coefficient (Wildman–Crippen LogP) is -1.08. The van der Waals surface area contributed by atoms with Crippen LogP contribution in [-0.4, -0.2) is 74.7 Å². The number of carbonyl (C=O) groups is 2. The van der Waals surface area contributed by atoms with Gasteiger partial charge < -0.3 is 31.3 Å². The lowest BCUT2D eigenvalue weighted by atomic mass is 9.79. The monoisotopic (exact) mass is 371 g/mol. The summed E-state index contributed by atoms with van der Waals surface area (Å²) in [6.45, 7) is 4.30. The van der Waals surface area contributed by atoms with E-state index < -0.39 is 24.1 Å². The van der Waals surface area contributed by atoms with Crippen molar-refractivity contribution in [3.8, 4) is 0 Å². The van der Waals surface area contributed by atoms with Crippen LogP contribution in [0.25, 0.3) is 0 Å². The molecule has 0 radical (unpaired) electrons. The second-order valence-electron chi connectivity index (χ2n) is 7.07. The topological polar surface area (TPSA) is 136 Å². The van der Waals surface area contributed by atoms with E-state index in [2.05, 4.69) is 5.32 Å². The lowest BCUT2D eigenvalue weighted by molar-refractivity contribution is -0.163. The predicted molar refractivity (Wildman–Crippen MR) is 92.5 cm³/mol. The maximum Gasteiger partial charge on any atom is 0.353 e. The van der Waals surface area contributed by atoms with E-state index in [1.165, 1.54) is 16.7 Å². The molecule has 25 heavy (non-hydrogen) atoms. The number of fused-ring (bicyclic) bond motifs is 1. The average molecular weight is 371 g/mol. The summed E-state index contributed by atoms with van der Waals surface area (Å²) in [5, 5.41) is 32.7. The number of hydrogen-bond acceptors (Lipinski definition) is 7. The third-order valence-electron chi connectivity index (χ3n) is 5.44. The number of nitrogens with one attached hydrogen (secondary N) is 1. The number of carboxylic acids is 1. The highest BCUT2D eigenvalue weighted by atomic mass is 32.2. The molecule has 0 unspecified atom stereocenters. The Balaban J connectivity index is 1.78. The molecular weight excluding hydrogens is 346 g/mol. The van der Waals surface area contributed by atoms with E-state index >= 15 is 0 Å². The lowest BCUT2D eigenvalue weighted by Crippen LogP contribution is -2.63. The van der Waals surface area contributed by atoms with E-state index in [4.69, 9.17) is 5.73 Å². The van der Waals surface area contributed by atoms with Gasteiger partial charge in [-0.15, -0.1) is 11.8 Å². The first kappa shape index (κ1) is 18.7. The molecule has 3 aliphatic rings. The van der Waals surface area contributed by atoms with Crippen LogP contribution in [0.3, 0.4) is 0 Å². The van der Waals surface area contributed by atoms with Crippen LogP contribution in [-0.2, 0) is 9.59 Å². The van der Waals surface area contributed by atoms with E-state index in [0.717, 1.165) is 0 Å². The van der Waals surface area contributed by atoms with Crippen molar-refractivity contribution in [1.29, 1.82) is 0 Å². The maximum absolute atomic E-state index is 12.3. The van der Waals surface area contributed by atoms with Crippen molar-refractivity contribution < 1.29 is 24.9 Å². The van der Waals surface area contributed by atoms with Gasteiger partial charge in [-0.1, -0.05) is 6.92 Å². The van der Waals surface area contributed by atoms with Gasteiger partial charge in [0.15, 0.2) is 0 Å². The normalized spacial score (nSPS) is 37.1. The second-order valence-corrected chi connectivity index (χ2v) is 8.41. The number of amides is 1. The first-order valence-electron chi connectivity index (χ1n) is 8.54. The van der Waals surface area contributed by atoms with E-state index in [1.807, 2.05) is 6.92 Å². The Bertz CT molecular complexity index is 611. The van der Waals surface area contributed by atoms with Crippen LogP contribution in [0, 0.1) is 11.8 Å². The molecule has 1 amide bonds. The summed E-state index contributed by atoms with van der Waals surface area (Å²) in [6.07, 6.45) is -0.738. The van der Waals surface area contributed by atoms with Crippen molar-refractivity contribution >= 4 is 23.6 Å². The minimum Gasteiger partial charge on any atom is -0.477 e. The summed E-state index contributed by atoms with van der Waals surface area (Å²) in [5.74, 6) is -2.11. The van der Waals surface area contributed by atoms with Gasteiger partial charge in [0.1, 0.15) is 5.70 Å². The van der Waals surface area contributed by atoms with Crippen LogP contribution >= 0.6 is 11.8 Å². The lowest BCUT2D eigenvalue weighted by Gasteiger charge is -2.46. The van der Waals surface area contributed by atoms with Gasteiger partial charge in [-0.05, 0) is 13.3 Å². The first-order valence-corrected chi connectivity index (χ1v) is 9.42. The zero-order valence-corrected chi connectivity index (χ0v) is 15.1. The molecular formula is C16H25N3O5S. The summed E-state index contributed by atoms with van der Waals surface area (Å²) >= 11 is 1.46. The van der Waals surface area contributed by atoms with Crippen LogP contribution < -0.4 is 11.1 Å². The van der Waals surface area contributed by atoms with E-state index in [9.17, 15) is 24.9 Å². The smallest absolute Gasteiger partial charge is 0.353 e. The van der Waals surface area contributed by atoms with E-state index in [1.54, 1.807) is 6.92 Å². The summed E-state index contributed by atoms with van der Waals surface area (Å²) in [5.41, 5.74) is 5.54. The summed E-state index contributed by atoms with van der Waals surface area (Å²) in [7, 11) is 0. The largest absolute Gasteiger partial charge is 0.477 e. The second kappa shape index (κ2) is 6.88. The highest BCUT2D eigenvalue weighted by Gasteiger charge is 2.60. The number of aliphatic carboxylic acids is 1. The average Bonchev–Trinajstić information content (AvgIpc) is 3.10. The molecule has 3 aliphatic heterocycles. The Labute approximate surface area is 150 Å². The first-order chi connectivity index (χ1) is 11.8. The third-order valence-corrected chi connectivity index (χ3v) is 6.95. The van der Waals surface area contributed by atoms with Crippen LogP contribution in [0.2, 0.25) is 0 Å². The molecule has 2 fully saturated rings. The fraction of sp³-hybridized carbons (Fsp3) is 0.750. The van der Waals surface area contributed by atoms with Crippen molar-refractivity contribution in [3.05, 3.63) is 10.6 Å². The fourth-order valence-corrected chi connectivity index (χ4v) is 5.63. The van der Waals surface area contributed by atoms with Crippen LogP contribution in [0.4, 0.5) is 0 Å². The molecule has 0 aromatic rings. The maximum atomic E-state index is 12.3. The standard InChI is InChI=1S/C16H25N3O5S/c1-6-12-11(7(2)20)15(22)19(12)13(16(23)24)14(6)25-8-3-9(18-5-8)10(21)4-17/h6-12,18,20-21H,3-5,17H2,1-2H3,(H,23,24)/t6-,7-,8+,9+,10-,11-,12-/m1/s1. The molecule has 9 heteroatoms.